The number of rotatable bonds is 2. The molecule has 2 rings (SSSR count). The number of carbonyl (C=O) groups excluding carboxylic acids is 1. The maximum absolute atomic E-state index is 11.3. The molecule has 0 aromatic carbocycles. The van der Waals surface area contributed by atoms with Crippen LogP contribution in [0.25, 0.3) is 0 Å². The van der Waals surface area contributed by atoms with Gasteiger partial charge in [-0.15, -0.1) is 0 Å². The molecule has 0 aliphatic carbocycles. The van der Waals surface area contributed by atoms with Crippen molar-refractivity contribution in [2.24, 2.45) is 0 Å². The van der Waals surface area contributed by atoms with Crippen molar-refractivity contribution in [3.63, 3.8) is 0 Å². The van der Waals surface area contributed by atoms with Gasteiger partial charge in [-0.3, -0.25) is 4.90 Å². The van der Waals surface area contributed by atoms with E-state index in [9.17, 15) is 4.79 Å². The Morgan fingerprint density at radius 3 is 3.07 bits per heavy atom. The van der Waals surface area contributed by atoms with Crippen molar-refractivity contribution in [1.82, 2.24) is 15.5 Å². The van der Waals surface area contributed by atoms with E-state index in [1.165, 1.54) is 19.4 Å². The molecule has 2 heterocycles. The van der Waals surface area contributed by atoms with Gasteiger partial charge in [0.15, 0.2) is 0 Å². The van der Waals surface area contributed by atoms with Gasteiger partial charge in [-0.05, 0) is 32.7 Å². The van der Waals surface area contributed by atoms with E-state index in [1.54, 1.807) is 0 Å². The fraction of sp³-hybridized carbons (Fsp3) is 0.900. The van der Waals surface area contributed by atoms with E-state index < -0.39 is 0 Å². The zero-order valence-electron chi connectivity index (χ0n) is 8.75. The molecular weight excluding hydrogens is 178 g/mol. The Balaban J connectivity index is 1.83. The molecule has 0 aromatic heterocycles. The average Bonchev–Trinajstić information content (AvgIpc) is 2.70. The van der Waals surface area contributed by atoms with Gasteiger partial charge in [0.1, 0.15) is 0 Å². The van der Waals surface area contributed by atoms with Gasteiger partial charge >= 0.3 is 6.03 Å². The topological polar surface area (TPSA) is 44.4 Å². The van der Waals surface area contributed by atoms with Crippen LogP contribution in [-0.4, -0.2) is 42.6 Å². The quantitative estimate of drug-likeness (QED) is 0.678. The van der Waals surface area contributed by atoms with Crippen molar-refractivity contribution in [1.29, 1.82) is 0 Å². The molecule has 2 N–H and O–H groups in total. The monoisotopic (exact) mass is 197 g/mol. The van der Waals surface area contributed by atoms with Crippen LogP contribution in [0, 0.1) is 0 Å². The van der Waals surface area contributed by atoms with Gasteiger partial charge in [-0.1, -0.05) is 0 Å². The summed E-state index contributed by atoms with van der Waals surface area (Å²) in [5, 5.41) is 5.84. The Labute approximate surface area is 85.0 Å². The second-order valence-electron chi connectivity index (χ2n) is 4.14. The second kappa shape index (κ2) is 4.17. The molecule has 2 saturated heterocycles. The molecule has 80 valence electrons. The lowest BCUT2D eigenvalue weighted by Gasteiger charge is -2.21. The molecule has 2 atom stereocenters. The zero-order chi connectivity index (χ0) is 9.97. The van der Waals surface area contributed by atoms with Crippen LogP contribution in [0.15, 0.2) is 0 Å². The fourth-order valence-corrected chi connectivity index (χ4v) is 2.63. The normalized spacial score (nSPS) is 31.5. The Hall–Kier alpha value is -0.770. The van der Waals surface area contributed by atoms with Crippen molar-refractivity contribution in [3.05, 3.63) is 0 Å². The van der Waals surface area contributed by atoms with E-state index in [2.05, 4.69) is 15.5 Å². The first kappa shape index (κ1) is 9.77. The largest absolute Gasteiger partial charge is 0.338 e. The van der Waals surface area contributed by atoms with Crippen LogP contribution in [-0.2, 0) is 0 Å². The van der Waals surface area contributed by atoms with E-state index in [-0.39, 0.29) is 6.03 Å². The Kier molecular flexibility index (Phi) is 2.91. The van der Waals surface area contributed by atoms with Crippen molar-refractivity contribution < 1.29 is 4.79 Å². The molecule has 0 saturated carbocycles. The first-order valence-electron chi connectivity index (χ1n) is 5.59. The summed E-state index contributed by atoms with van der Waals surface area (Å²) in [6, 6.07) is 0.980. The lowest BCUT2D eigenvalue weighted by molar-refractivity contribution is 0.232. The van der Waals surface area contributed by atoms with Gasteiger partial charge in [0.2, 0.25) is 0 Å². The maximum Gasteiger partial charge on any atom is 0.315 e. The van der Waals surface area contributed by atoms with Crippen molar-refractivity contribution >= 4 is 6.03 Å². The molecule has 2 amide bonds. The minimum Gasteiger partial charge on any atom is -0.338 e. The second-order valence-corrected chi connectivity index (χ2v) is 4.14. The number of nitrogens with one attached hydrogen (secondary N) is 2. The summed E-state index contributed by atoms with van der Waals surface area (Å²) in [5.74, 6) is 0. The maximum atomic E-state index is 11.3. The van der Waals surface area contributed by atoms with E-state index in [1.807, 2.05) is 6.92 Å². The van der Waals surface area contributed by atoms with E-state index in [4.69, 9.17) is 0 Å². The summed E-state index contributed by atoms with van der Waals surface area (Å²) < 4.78 is 0. The highest BCUT2D eigenvalue weighted by atomic mass is 16.2. The van der Waals surface area contributed by atoms with E-state index >= 15 is 0 Å². The molecule has 2 fully saturated rings. The van der Waals surface area contributed by atoms with Crippen molar-refractivity contribution in [3.8, 4) is 0 Å². The number of urea groups is 1. The predicted octanol–water partition coefficient (Wildman–Crippen LogP) is 0.542. The van der Waals surface area contributed by atoms with Crippen LogP contribution >= 0.6 is 0 Å². The summed E-state index contributed by atoms with van der Waals surface area (Å²) in [7, 11) is 0. The molecule has 0 aromatic rings. The number of carbonyl (C=O) groups is 1. The van der Waals surface area contributed by atoms with Crippen molar-refractivity contribution in [2.75, 3.05) is 19.6 Å². The highest BCUT2D eigenvalue weighted by molar-refractivity contribution is 5.74. The van der Waals surface area contributed by atoms with Crippen molar-refractivity contribution in [2.45, 2.75) is 38.3 Å². The molecule has 0 spiro atoms. The van der Waals surface area contributed by atoms with Crippen LogP contribution < -0.4 is 10.6 Å². The molecular formula is C10H19N3O. The number of nitrogens with zero attached hydrogens (tertiary/aromatic N) is 1. The molecule has 2 unspecified atom stereocenters. The first-order chi connectivity index (χ1) is 6.81. The summed E-state index contributed by atoms with van der Waals surface area (Å²) in [4.78, 5) is 13.8. The number of hydrogen-bond acceptors (Lipinski definition) is 2. The summed E-state index contributed by atoms with van der Waals surface area (Å²) in [5.41, 5.74) is 0. The fourth-order valence-electron chi connectivity index (χ4n) is 2.63. The molecule has 4 nitrogen and oxygen atoms in total. The Bertz CT molecular complexity index is 219. The van der Waals surface area contributed by atoms with E-state index in [0.717, 1.165) is 13.0 Å². The minimum atomic E-state index is -0.00810. The van der Waals surface area contributed by atoms with Gasteiger partial charge in [0.25, 0.3) is 0 Å². The minimum absolute atomic E-state index is 0.00810. The molecule has 14 heavy (non-hydrogen) atoms. The Morgan fingerprint density at radius 2 is 2.29 bits per heavy atom. The Morgan fingerprint density at radius 1 is 1.43 bits per heavy atom. The first-order valence-corrected chi connectivity index (χ1v) is 5.59. The van der Waals surface area contributed by atoms with Crippen LogP contribution in [0.2, 0.25) is 0 Å². The lowest BCUT2D eigenvalue weighted by Crippen LogP contribution is -2.46. The smallest absolute Gasteiger partial charge is 0.315 e. The summed E-state index contributed by atoms with van der Waals surface area (Å²) in [6.45, 7) is 5.02. The molecule has 2 aliphatic rings. The third kappa shape index (κ3) is 1.85. The third-order valence-electron chi connectivity index (χ3n) is 3.26. The highest BCUT2D eigenvalue weighted by Gasteiger charge is 2.37. The molecule has 4 heteroatoms. The van der Waals surface area contributed by atoms with Gasteiger partial charge in [-0.25, -0.2) is 4.79 Å². The van der Waals surface area contributed by atoms with Crippen LogP contribution in [0.4, 0.5) is 4.79 Å². The zero-order valence-corrected chi connectivity index (χ0v) is 8.75. The van der Waals surface area contributed by atoms with Crippen LogP contribution in [0.3, 0.4) is 0 Å². The lowest BCUT2D eigenvalue weighted by atomic mass is 10.1. The number of amides is 2. The predicted molar refractivity (Wildman–Crippen MR) is 55.2 cm³/mol. The molecule has 2 aliphatic heterocycles. The molecule has 0 radical (unpaired) electrons. The van der Waals surface area contributed by atoms with E-state index in [0.29, 0.717) is 18.6 Å². The molecule has 0 bridgehead atoms. The van der Waals surface area contributed by atoms with Gasteiger partial charge in [0, 0.05) is 25.2 Å². The average molecular weight is 197 g/mol. The summed E-state index contributed by atoms with van der Waals surface area (Å²) in [6.07, 6.45) is 3.65. The van der Waals surface area contributed by atoms with Crippen LogP contribution in [0.5, 0.6) is 0 Å². The number of fused-ring (bicyclic) bond motifs is 1. The third-order valence-corrected chi connectivity index (χ3v) is 3.26. The van der Waals surface area contributed by atoms with Crippen LogP contribution in [0.1, 0.15) is 26.2 Å². The number of hydrogen-bond donors (Lipinski definition) is 2. The van der Waals surface area contributed by atoms with Gasteiger partial charge < -0.3 is 10.6 Å². The highest BCUT2D eigenvalue weighted by Crippen LogP contribution is 2.27. The summed E-state index contributed by atoms with van der Waals surface area (Å²) >= 11 is 0. The van der Waals surface area contributed by atoms with Gasteiger partial charge in [0.05, 0.1) is 0 Å². The SMILES string of the molecule is CCNC(=O)NC1CCN2CCCC12. The van der Waals surface area contributed by atoms with Gasteiger partial charge in [-0.2, -0.15) is 0 Å². The standard InChI is InChI=1S/C10H19N3O/c1-2-11-10(14)12-8-5-7-13-6-3-4-9(8)13/h8-9H,2-7H2,1H3,(H2,11,12,14).